The Labute approximate surface area is 96.1 Å². The average molecular weight is 255 g/mol. The largest absolute Gasteiger partial charge is 0.481 e. The minimum atomic E-state index is -1.79. The lowest BCUT2D eigenvalue weighted by molar-refractivity contribution is -0.152. The van der Waals surface area contributed by atoms with Crippen LogP contribution in [0.2, 0.25) is 0 Å². The molecule has 0 aromatic rings. The molecule has 0 fully saturated rings. The fourth-order valence-electron chi connectivity index (χ4n) is 0.331. The van der Waals surface area contributed by atoms with Gasteiger partial charge in [-0.3, -0.25) is 9.59 Å². The van der Waals surface area contributed by atoms with Crippen molar-refractivity contribution in [2.75, 3.05) is 5.75 Å². The van der Waals surface area contributed by atoms with Crippen LogP contribution in [0.3, 0.4) is 0 Å². The zero-order valence-electron chi connectivity index (χ0n) is 8.11. The Balaban J connectivity index is 0. The van der Waals surface area contributed by atoms with E-state index in [1.165, 1.54) is 0 Å². The number of hydrogen-bond donors (Lipinski definition) is 6. The minimum Gasteiger partial charge on any atom is -0.481 e. The van der Waals surface area contributed by atoms with Crippen molar-refractivity contribution < 1.29 is 34.8 Å². The summed E-state index contributed by atoms with van der Waals surface area (Å²) in [7, 11) is 0. The first-order valence-electron chi connectivity index (χ1n) is 3.94. The van der Waals surface area contributed by atoms with Crippen LogP contribution in [0.15, 0.2) is 0 Å². The highest BCUT2D eigenvalue weighted by Gasteiger charge is 2.16. The summed E-state index contributed by atoms with van der Waals surface area (Å²) in [5, 5.41) is 32.2. The predicted octanol–water partition coefficient (Wildman–Crippen LogP) is -1.77. The number of hydrogen-bond acceptors (Lipinski definition) is 6. The smallest absolute Gasteiger partial charge is 0.333 e. The maximum absolute atomic E-state index is 9.76. The van der Waals surface area contributed by atoms with Gasteiger partial charge in [-0.15, -0.1) is 0 Å². The van der Waals surface area contributed by atoms with Gasteiger partial charge in [0.1, 0.15) is 6.04 Å². The molecule has 0 bridgehead atoms. The van der Waals surface area contributed by atoms with Crippen LogP contribution in [-0.2, 0) is 14.4 Å². The van der Waals surface area contributed by atoms with Crippen molar-refractivity contribution in [2.24, 2.45) is 5.73 Å². The van der Waals surface area contributed by atoms with Gasteiger partial charge in [0.05, 0.1) is 6.42 Å². The normalized spacial score (nSPS) is 12.9. The molecule has 0 aliphatic rings. The first kappa shape index (κ1) is 17.1. The van der Waals surface area contributed by atoms with Crippen LogP contribution in [0.25, 0.3) is 0 Å². The molecule has 0 aromatic carbocycles. The molecule has 0 amide bonds. The van der Waals surface area contributed by atoms with E-state index in [9.17, 15) is 14.4 Å². The molecular formula is C7H13NO7S. The lowest BCUT2D eigenvalue weighted by atomic mass is 10.3. The number of rotatable bonds is 5. The van der Waals surface area contributed by atoms with Crippen LogP contribution in [0.4, 0.5) is 0 Å². The maximum Gasteiger partial charge on any atom is 0.333 e. The van der Waals surface area contributed by atoms with E-state index in [-0.39, 0.29) is 5.75 Å². The number of aliphatic carboxylic acids is 3. The molecule has 0 heterocycles. The van der Waals surface area contributed by atoms with Crippen molar-refractivity contribution in [3.8, 4) is 0 Å². The van der Waals surface area contributed by atoms with E-state index < -0.39 is 36.5 Å². The van der Waals surface area contributed by atoms with Gasteiger partial charge < -0.3 is 26.2 Å². The molecule has 0 aromatic heterocycles. The van der Waals surface area contributed by atoms with Gasteiger partial charge in [0.15, 0.2) is 6.10 Å². The van der Waals surface area contributed by atoms with Crippen molar-refractivity contribution in [2.45, 2.75) is 18.6 Å². The summed E-state index contributed by atoms with van der Waals surface area (Å²) in [6.07, 6.45) is -2.54. The van der Waals surface area contributed by atoms with Gasteiger partial charge in [-0.25, -0.2) is 4.79 Å². The third kappa shape index (κ3) is 10.8. The Bertz CT molecular complexity index is 257. The van der Waals surface area contributed by atoms with E-state index >= 15 is 0 Å². The molecule has 0 saturated carbocycles. The second kappa shape index (κ2) is 8.95. The van der Waals surface area contributed by atoms with Crippen LogP contribution in [-0.4, -0.2) is 56.2 Å². The Morgan fingerprint density at radius 3 is 1.62 bits per heavy atom. The van der Waals surface area contributed by atoms with Crippen LogP contribution in [0.1, 0.15) is 6.42 Å². The van der Waals surface area contributed by atoms with Gasteiger partial charge >= 0.3 is 17.9 Å². The maximum atomic E-state index is 9.76. The van der Waals surface area contributed by atoms with Gasteiger partial charge in [-0.2, -0.15) is 12.6 Å². The monoisotopic (exact) mass is 255 g/mol. The van der Waals surface area contributed by atoms with Crippen molar-refractivity contribution in [3.05, 3.63) is 0 Å². The molecule has 0 aliphatic heterocycles. The Kier molecular flexibility index (Phi) is 9.55. The van der Waals surface area contributed by atoms with E-state index in [4.69, 9.17) is 26.2 Å². The van der Waals surface area contributed by atoms with Crippen LogP contribution in [0.5, 0.6) is 0 Å². The number of nitrogens with two attached hydrogens (primary N) is 1. The van der Waals surface area contributed by atoms with Crippen LogP contribution in [0, 0.1) is 0 Å². The molecule has 9 heteroatoms. The fourth-order valence-corrected chi connectivity index (χ4v) is 0.487. The summed E-state index contributed by atoms with van der Waals surface area (Å²) in [5.74, 6) is -3.66. The molecule has 16 heavy (non-hydrogen) atoms. The topological polar surface area (TPSA) is 158 Å². The molecule has 94 valence electrons. The number of carboxylic acids is 3. The van der Waals surface area contributed by atoms with E-state index in [0.29, 0.717) is 0 Å². The summed E-state index contributed by atoms with van der Waals surface area (Å²) in [6.45, 7) is 0. The predicted molar refractivity (Wildman–Crippen MR) is 55.4 cm³/mol. The van der Waals surface area contributed by atoms with Crippen molar-refractivity contribution in [3.63, 3.8) is 0 Å². The number of carbonyl (C=O) groups is 3. The van der Waals surface area contributed by atoms with Crippen molar-refractivity contribution in [1.29, 1.82) is 0 Å². The highest BCUT2D eigenvalue weighted by molar-refractivity contribution is 7.80. The van der Waals surface area contributed by atoms with Gasteiger partial charge in [0.25, 0.3) is 0 Å². The standard InChI is InChI=1S/C4H6O5.C3H7NO2S/c5-2(4(8)9)1-3(6)7;4-2(1-7)3(5)6/h2,5H,1H2,(H,6,7)(H,8,9);2,7H,1,4H2,(H,5,6). The molecule has 2 unspecified atom stereocenters. The summed E-state index contributed by atoms with van der Waals surface area (Å²) in [4.78, 5) is 29.2. The Morgan fingerprint density at radius 2 is 1.56 bits per heavy atom. The van der Waals surface area contributed by atoms with Crippen molar-refractivity contribution >= 4 is 30.5 Å². The third-order valence-corrected chi connectivity index (χ3v) is 1.56. The van der Waals surface area contributed by atoms with E-state index in [1.54, 1.807) is 0 Å². The average Bonchev–Trinajstić information content (AvgIpc) is 2.16. The molecule has 0 spiro atoms. The Morgan fingerprint density at radius 1 is 1.12 bits per heavy atom. The number of aliphatic hydroxyl groups is 1. The zero-order valence-corrected chi connectivity index (χ0v) is 9.00. The zero-order chi connectivity index (χ0) is 13.3. The summed E-state index contributed by atoms with van der Waals surface area (Å²) >= 11 is 3.65. The second-order valence-corrected chi connectivity index (χ2v) is 2.94. The highest BCUT2D eigenvalue weighted by atomic mass is 32.1. The molecule has 0 saturated heterocycles. The highest BCUT2D eigenvalue weighted by Crippen LogP contribution is 1.89. The molecule has 2 atom stereocenters. The number of thiol groups is 1. The van der Waals surface area contributed by atoms with Crippen molar-refractivity contribution in [1.82, 2.24) is 0 Å². The first-order valence-corrected chi connectivity index (χ1v) is 4.57. The van der Waals surface area contributed by atoms with E-state index in [0.717, 1.165) is 0 Å². The minimum absolute atomic E-state index is 0.190. The fraction of sp³-hybridized carbons (Fsp3) is 0.571. The SMILES string of the molecule is NC(CS)C(=O)O.O=C(O)CC(O)C(=O)O. The molecule has 0 rings (SSSR count). The molecule has 0 aliphatic carbocycles. The lowest BCUT2D eigenvalue weighted by Crippen LogP contribution is -2.31. The summed E-state index contributed by atoms with van der Waals surface area (Å²) in [6, 6.07) is -0.816. The van der Waals surface area contributed by atoms with Gasteiger partial charge in [0, 0.05) is 5.75 Å². The molecule has 6 N–H and O–H groups in total. The number of aliphatic hydroxyl groups excluding tert-OH is 1. The molecule has 0 radical (unpaired) electrons. The second-order valence-electron chi connectivity index (χ2n) is 2.58. The molecular weight excluding hydrogens is 242 g/mol. The lowest BCUT2D eigenvalue weighted by Gasteiger charge is -1.97. The molecule has 8 nitrogen and oxygen atoms in total. The van der Waals surface area contributed by atoms with Crippen LogP contribution < -0.4 is 5.73 Å². The third-order valence-electron chi connectivity index (χ3n) is 1.17. The van der Waals surface area contributed by atoms with E-state index in [1.807, 2.05) is 0 Å². The summed E-state index contributed by atoms with van der Waals surface area (Å²) < 4.78 is 0. The number of carboxylic acid groups (broad SMARTS) is 3. The first-order chi connectivity index (χ1) is 7.22. The van der Waals surface area contributed by atoms with Gasteiger partial charge in [-0.1, -0.05) is 0 Å². The van der Waals surface area contributed by atoms with Gasteiger partial charge in [-0.05, 0) is 0 Å². The summed E-state index contributed by atoms with van der Waals surface area (Å²) in [5.41, 5.74) is 4.94. The van der Waals surface area contributed by atoms with E-state index in [2.05, 4.69) is 12.6 Å². The quantitative estimate of drug-likeness (QED) is 0.315. The van der Waals surface area contributed by atoms with Gasteiger partial charge in [0.2, 0.25) is 0 Å². The van der Waals surface area contributed by atoms with Crippen LogP contribution >= 0.6 is 12.6 Å². The Hall–Kier alpha value is -1.32.